The van der Waals surface area contributed by atoms with Crippen molar-refractivity contribution in [2.24, 2.45) is 5.92 Å². The fourth-order valence-corrected chi connectivity index (χ4v) is 1.44. The Bertz CT molecular complexity index is 292. The van der Waals surface area contributed by atoms with E-state index in [0.29, 0.717) is 11.5 Å². The maximum absolute atomic E-state index is 11.5. The van der Waals surface area contributed by atoms with Crippen LogP contribution in [0.1, 0.15) is 33.1 Å². The first kappa shape index (κ1) is 11.8. The van der Waals surface area contributed by atoms with Gasteiger partial charge in [-0.05, 0) is 32.6 Å². The van der Waals surface area contributed by atoms with Crippen LogP contribution in [0, 0.1) is 5.92 Å². The molecular weight excluding hydrogens is 194 g/mol. The molecule has 0 aromatic carbocycles. The zero-order valence-corrected chi connectivity index (χ0v) is 9.12. The molecule has 0 heterocycles. The number of carboxylic acids is 1. The molecule has 1 aliphatic rings. The standard InChI is InChI=1S/C11H17NO3/c1-3-7(2)11(15)12-9(6-10(13)14)8-4-5-8/h3,8-9H,4-6H2,1-2H3,(H,12,15)(H,13,14). The number of hydrogen-bond donors (Lipinski definition) is 2. The molecule has 0 bridgehead atoms. The van der Waals surface area contributed by atoms with Crippen molar-refractivity contribution >= 4 is 11.9 Å². The summed E-state index contributed by atoms with van der Waals surface area (Å²) in [5.41, 5.74) is 0.631. The Hall–Kier alpha value is -1.32. The van der Waals surface area contributed by atoms with Crippen LogP contribution in [0.2, 0.25) is 0 Å². The van der Waals surface area contributed by atoms with Crippen molar-refractivity contribution in [3.05, 3.63) is 11.6 Å². The molecule has 0 aromatic heterocycles. The van der Waals surface area contributed by atoms with Gasteiger partial charge in [0.05, 0.1) is 6.42 Å². The van der Waals surface area contributed by atoms with Gasteiger partial charge in [0.2, 0.25) is 5.91 Å². The average molecular weight is 211 g/mol. The van der Waals surface area contributed by atoms with E-state index in [0.717, 1.165) is 12.8 Å². The molecule has 0 aromatic rings. The SMILES string of the molecule is CC=C(C)C(=O)NC(CC(=O)O)C1CC1. The van der Waals surface area contributed by atoms with Crippen molar-refractivity contribution in [1.82, 2.24) is 5.32 Å². The van der Waals surface area contributed by atoms with E-state index in [1.807, 2.05) is 0 Å². The van der Waals surface area contributed by atoms with Crippen LogP contribution in [-0.2, 0) is 9.59 Å². The zero-order chi connectivity index (χ0) is 11.4. The van der Waals surface area contributed by atoms with E-state index in [4.69, 9.17) is 5.11 Å². The predicted molar refractivity (Wildman–Crippen MR) is 56.3 cm³/mol. The molecule has 0 saturated heterocycles. The molecule has 2 N–H and O–H groups in total. The van der Waals surface area contributed by atoms with E-state index < -0.39 is 5.97 Å². The summed E-state index contributed by atoms with van der Waals surface area (Å²) in [5.74, 6) is -0.657. The van der Waals surface area contributed by atoms with Gasteiger partial charge in [0.25, 0.3) is 0 Å². The molecule has 0 aliphatic heterocycles. The summed E-state index contributed by atoms with van der Waals surface area (Å²) in [6.07, 6.45) is 3.79. The molecule has 4 heteroatoms. The van der Waals surface area contributed by atoms with Crippen LogP contribution < -0.4 is 5.32 Å². The number of allylic oxidation sites excluding steroid dienone is 1. The molecule has 4 nitrogen and oxygen atoms in total. The molecule has 1 fully saturated rings. The second kappa shape index (κ2) is 4.96. The van der Waals surface area contributed by atoms with Crippen molar-refractivity contribution in [3.63, 3.8) is 0 Å². The highest BCUT2D eigenvalue weighted by atomic mass is 16.4. The zero-order valence-electron chi connectivity index (χ0n) is 9.12. The largest absolute Gasteiger partial charge is 0.481 e. The monoisotopic (exact) mass is 211 g/mol. The number of carbonyl (C=O) groups excluding carboxylic acids is 1. The highest BCUT2D eigenvalue weighted by molar-refractivity contribution is 5.93. The Morgan fingerprint density at radius 1 is 1.53 bits per heavy atom. The summed E-state index contributed by atoms with van der Waals surface area (Å²) in [6.45, 7) is 3.51. The molecule has 1 aliphatic carbocycles. The molecule has 1 atom stereocenters. The van der Waals surface area contributed by atoms with Gasteiger partial charge in [-0.3, -0.25) is 9.59 Å². The molecule has 1 rings (SSSR count). The first-order valence-corrected chi connectivity index (χ1v) is 5.20. The van der Waals surface area contributed by atoms with Gasteiger partial charge < -0.3 is 10.4 Å². The van der Waals surface area contributed by atoms with E-state index in [-0.39, 0.29) is 18.4 Å². The first-order valence-electron chi connectivity index (χ1n) is 5.20. The van der Waals surface area contributed by atoms with Crippen LogP contribution in [0.5, 0.6) is 0 Å². The van der Waals surface area contributed by atoms with Crippen LogP contribution in [0.3, 0.4) is 0 Å². The Morgan fingerprint density at radius 3 is 2.53 bits per heavy atom. The van der Waals surface area contributed by atoms with E-state index in [9.17, 15) is 9.59 Å². The highest BCUT2D eigenvalue weighted by Crippen LogP contribution is 2.34. The topological polar surface area (TPSA) is 66.4 Å². The second-order valence-corrected chi connectivity index (χ2v) is 3.99. The molecule has 1 saturated carbocycles. The normalized spacial score (nSPS) is 18.4. The quantitative estimate of drug-likeness (QED) is 0.674. The predicted octanol–water partition coefficient (Wildman–Crippen LogP) is 1.32. The van der Waals surface area contributed by atoms with Crippen LogP contribution in [0.15, 0.2) is 11.6 Å². The van der Waals surface area contributed by atoms with Gasteiger partial charge >= 0.3 is 5.97 Å². The lowest BCUT2D eigenvalue weighted by atomic mass is 10.1. The number of rotatable bonds is 5. The van der Waals surface area contributed by atoms with Crippen molar-refractivity contribution in [2.75, 3.05) is 0 Å². The Kier molecular flexibility index (Phi) is 3.88. The van der Waals surface area contributed by atoms with Gasteiger partial charge in [0.15, 0.2) is 0 Å². The lowest BCUT2D eigenvalue weighted by Gasteiger charge is -2.16. The van der Waals surface area contributed by atoms with Crippen LogP contribution in [-0.4, -0.2) is 23.0 Å². The highest BCUT2D eigenvalue weighted by Gasteiger charge is 2.33. The van der Waals surface area contributed by atoms with Crippen molar-refractivity contribution < 1.29 is 14.7 Å². The minimum Gasteiger partial charge on any atom is -0.481 e. The van der Waals surface area contributed by atoms with E-state index in [1.54, 1.807) is 19.9 Å². The number of amides is 1. The summed E-state index contributed by atoms with van der Waals surface area (Å²) < 4.78 is 0. The van der Waals surface area contributed by atoms with Gasteiger partial charge in [-0.2, -0.15) is 0 Å². The Labute approximate surface area is 89.4 Å². The number of carbonyl (C=O) groups is 2. The third kappa shape index (κ3) is 3.73. The third-order valence-corrected chi connectivity index (χ3v) is 2.69. The number of aliphatic carboxylic acids is 1. The first-order chi connectivity index (χ1) is 7.04. The fourth-order valence-electron chi connectivity index (χ4n) is 1.44. The smallest absolute Gasteiger partial charge is 0.305 e. The molecule has 1 unspecified atom stereocenters. The van der Waals surface area contributed by atoms with Gasteiger partial charge in [0.1, 0.15) is 0 Å². The summed E-state index contributed by atoms with van der Waals surface area (Å²) in [7, 11) is 0. The average Bonchev–Trinajstić information content (AvgIpc) is 2.97. The minimum atomic E-state index is -0.856. The Balaban J connectivity index is 2.51. The summed E-state index contributed by atoms with van der Waals surface area (Å²) in [5, 5.41) is 11.5. The number of nitrogens with one attached hydrogen (secondary N) is 1. The maximum Gasteiger partial charge on any atom is 0.305 e. The van der Waals surface area contributed by atoms with Gasteiger partial charge in [0, 0.05) is 11.6 Å². The molecule has 84 valence electrons. The molecule has 15 heavy (non-hydrogen) atoms. The van der Waals surface area contributed by atoms with Gasteiger partial charge in [-0.25, -0.2) is 0 Å². The van der Waals surface area contributed by atoms with Gasteiger partial charge in [-0.15, -0.1) is 0 Å². The van der Waals surface area contributed by atoms with E-state index in [2.05, 4.69) is 5.32 Å². The van der Waals surface area contributed by atoms with Crippen molar-refractivity contribution in [3.8, 4) is 0 Å². The number of carboxylic acid groups (broad SMARTS) is 1. The minimum absolute atomic E-state index is 0.0212. The van der Waals surface area contributed by atoms with Crippen LogP contribution in [0.25, 0.3) is 0 Å². The van der Waals surface area contributed by atoms with E-state index >= 15 is 0 Å². The lowest BCUT2D eigenvalue weighted by Crippen LogP contribution is -2.38. The Morgan fingerprint density at radius 2 is 2.13 bits per heavy atom. The van der Waals surface area contributed by atoms with Crippen molar-refractivity contribution in [2.45, 2.75) is 39.2 Å². The molecular formula is C11H17NO3. The van der Waals surface area contributed by atoms with Gasteiger partial charge in [-0.1, -0.05) is 6.08 Å². The second-order valence-electron chi connectivity index (χ2n) is 3.99. The van der Waals surface area contributed by atoms with E-state index in [1.165, 1.54) is 0 Å². The third-order valence-electron chi connectivity index (χ3n) is 2.69. The summed E-state index contributed by atoms with van der Waals surface area (Å²) >= 11 is 0. The van der Waals surface area contributed by atoms with Crippen LogP contribution in [0.4, 0.5) is 0 Å². The van der Waals surface area contributed by atoms with Crippen molar-refractivity contribution in [1.29, 1.82) is 0 Å². The number of hydrogen-bond acceptors (Lipinski definition) is 2. The molecule has 0 radical (unpaired) electrons. The summed E-state index contributed by atoms with van der Waals surface area (Å²) in [6, 6.07) is -0.204. The van der Waals surface area contributed by atoms with Crippen LogP contribution >= 0.6 is 0 Å². The maximum atomic E-state index is 11.5. The molecule has 0 spiro atoms. The lowest BCUT2D eigenvalue weighted by molar-refractivity contribution is -0.137. The molecule has 1 amide bonds. The fraction of sp³-hybridized carbons (Fsp3) is 0.636. The summed E-state index contributed by atoms with van der Waals surface area (Å²) in [4.78, 5) is 22.1.